The first kappa shape index (κ1) is 14.9. The summed E-state index contributed by atoms with van der Waals surface area (Å²) in [6.07, 6.45) is 6.45. The van der Waals surface area contributed by atoms with Crippen LogP contribution in [0.4, 0.5) is 5.69 Å². The molecule has 0 radical (unpaired) electrons. The van der Waals surface area contributed by atoms with E-state index in [0.29, 0.717) is 0 Å². The van der Waals surface area contributed by atoms with E-state index in [2.05, 4.69) is 61.2 Å². The van der Waals surface area contributed by atoms with Crippen LogP contribution in [0.15, 0.2) is 35.3 Å². The van der Waals surface area contributed by atoms with Crippen LogP contribution >= 0.6 is 11.2 Å². The average Bonchev–Trinajstić information content (AvgIpc) is 2.53. The Morgan fingerprint density at radius 1 is 1.11 bits per heavy atom. The lowest BCUT2D eigenvalue weighted by Gasteiger charge is -2.23. The minimum absolute atomic E-state index is 0.802. The summed E-state index contributed by atoms with van der Waals surface area (Å²) >= 11 is 2.26. The van der Waals surface area contributed by atoms with Crippen molar-refractivity contribution in [1.82, 2.24) is 0 Å². The number of nitrogens with zero attached hydrogens (tertiary/aromatic N) is 1. The van der Waals surface area contributed by atoms with Crippen molar-refractivity contribution in [1.29, 1.82) is 0 Å². The number of hydrogen-bond acceptors (Lipinski definition) is 2. The van der Waals surface area contributed by atoms with Crippen LogP contribution in [0.25, 0.3) is 0 Å². The molecule has 1 aliphatic rings. The molecule has 1 fully saturated rings. The second-order valence-corrected chi connectivity index (χ2v) is 15.8. The van der Waals surface area contributed by atoms with E-state index in [1.165, 1.54) is 37.8 Å². The molecular formula is C16H25NSSi. The van der Waals surface area contributed by atoms with Gasteiger partial charge in [-0.2, -0.15) is 11.2 Å². The summed E-state index contributed by atoms with van der Waals surface area (Å²) in [5.41, 5.74) is 2.54. The fraction of sp³-hybridized carbons (Fsp3) is 0.562. The molecule has 1 aromatic carbocycles. The molecule has 2 rings (SSSR count). The molecule has 0 saturated heterocycles. The monoisotopic (exact) mass is 291 g/mol. The van der Waals surface area contributed by atoms with Crippen LogP contribution in [0.2, 0.25) is 19.6 Å². The number of rotatable bonds is 3. The molecule has 0 N–H and O–H groups in total. The van der Waals surface area contributed by atoms with Gasteiger partial charge in [0, 0.05) is 11.0 Å². The molecule has 19 heavy (non-hydrogen) atoms. The Labute approximate surface area is 122 Å². The highest BCUT2D eigenvalue weighted by Gasteiger charge is 2.23. The van der Waals surface area contributed by atoms with Crippen molar-refractivity contribution < 1.29 is 0 Å². The topological polar surface area (TPSA) is 12.4 Å². The molecule has 0 amide bonds. The Balaban J connectivity index is 2.06. The fourth-order valence-electron chi connectivity index (χ4n) is 2.56. The van der Waals surface area contributed by atoms with E-state index in [4.69, 9.17) is 4.99 Å². The Hall–Kier alpha value is -0.543. The molecule has 0 spiro atoms. The maximum Gasteiger partial charge on any atom is 0.108 e. The van der Waals surface area contributed by atoms with Crippen LogP contribution < -0.4 is 0 Å². The molecule has 1 unspecified atom stereocenters. The number of aliphatic imine (C=N–C) groups is 1. The van der Waals surface area contributed by atoms with Crippen LogP contribution in [0, 0.1) is 0 Å². The van der Waals surface area contributed by atoms with E-state index in [-0.39, 0.29) is 0 Å². The lowest BCUT2D eigenvalue weighted by Crippen LogP contribution is -2.21. The number of benzene rings is 1. The SMILES string of the molecule is C[Si](C)(C)SC1CCCCC(=Nc2ccccc2)C1. The summed E-state index contributed by atoms with van der Waals surface area (Å²) < 4.78 is 0. The van der Waals surface area contributed by atoms with E-state index in [0.717, 1.165) is 10.9 Å². The zero-order valence-electron chi connectivity index (χ0n) is 12.4. The first-order valence-electron chi connectivity index (χ1n) is 7.32. The van der Waals surface area contributed by atoms with Gasteiger partial charge in [0.2, 0.25) is 0 Å². The van der Waals surface area contributed by atoms with Crippen LogP contribution in [-0.4, -0.2) is 18.2 Å². The quantitative estimate of drug-likeness (QED) is 0.517. The third-order valence-corrected chi connectivity index (χ3v) is 7.83. The zero-order chi connectivity index (χ0) is 13.7. The van der Waals surface area contributed by atoms with E-state index >= 15 is 0 Å². The smallest absolute Gasteiger partial charge is 0.108 e. The molecule has 0 bridgehead atoms. The molecule has 1 atom stereocenters. The van der Waals surface area contributed by atoms with Crippen LogP contribution in [-0.2, 0) is 0 Å². The summed E-state index contributed by atoms with van der Waals surface area (Å²) in [5.74, 6) is 0. The Kier molecular flexibility index (Phi) is 5.28. The van der Waals surface area contributed by atoms with Gasteiger partial charge in [-0.3, -0.25) is 4.99 Å². The Morgan fingerprint density at radius 3 is 2.53 bits per heavy atom. The molecule has 1 saturated carbocycles. The minimum atomic E-state index is -1.03. The van der Waals surface area contributed by atoms with Crippen molar-refractivity contribution in [2.45, 2.75) is 57.0 Å². The van der Waals surface area contributed by atoms with E-state index < -0.39 is 7.22 Å². The number of para-hydroxylation sites is 1. The fourth-order valence-corrected chi connectivity index (χ4v) is 7.72. The van der Waals surface area contributed by atoms with Gasteiger partial charge < -0.3 is 0 Å². The highest BCUT2D eigenvalue weighted by Crippen LogP contribution is 2.33. The van der Waals surface area contributed by atoms with Gasteiger partial charge in [0.25, 0.3) is 0 Å². The van der Waals surface area contributed by atoms with Crippen molar-refractivity contribution in [3.05, 3.63) is 30.3 Å². The van der Waals surface area contributed by atoms with E-state index in [9.17, 15) is 0 Å². The standard InChI is InChI=1S/C16H25NSSi/c1-19(2,3)18-16-12-8-7-11-15(13-16)17-14-9-5-4-6-10-14/h4-6,9-10,16H,7-8,11-13H2,1-3H3. The van der Waals surface area contributed by atoms with Gasteiger partial charge in [-0.1, -0.05) is 44.3 Å². The van der Waals surface area contributed by atoms with Crippen molar-refractivity contribution in [2.75, 3.05) is 0 Å². The lowest BCUT2D eigenvalue weighted by molar-refractivity contribution is 0.714. The molecule has 0 heterocycles. The van der Waals surface area contributed by atoms with Gasteiger partial charge in [-0.25, -0.2) is 0 Å². The third-order valence-electron chi connectivity index (χ3n) is 3.27. The zero-order valence-corrected chi connectivity index (χ0v) is 14.2. The van der Waals surface area contributed by atoms with Gasteiger partial charge in [-0.15, -0.1) is 0 Å². The molecule has 3 heteroatoms. The first-order valence-corrected chi connectivity index (χ1v) is 12.4. The second kappa shape index (κ2) is 6.75. The lowest BCUT2D eigenvalue weighted by atomic mass is 10.1. The van der Waals surface area contributed by atoms with Crippen molar-refractivity contribution in [3.63, 3.8) is 0 Å². The maximum atomic E-state index is 4.88. The molecule has 104 valence electrons. The normalized spacial score (nSPS) is 23.3. The second-order valence-electron chi connectivity index (χ2n) is 6.32. The van der Waals surface area contributed by atoms with Crippen LogP contribution in [0.1, 0.15) is 32.1 Å². The van der Waals surface area contributed by atoms with Crippen LogP contribution in [0.3, 0.4) is 0 Å². The summed E-state index contributed by atoms with van der Waals surface area (Å²) in [6.45, 7) is 7.36. The Bertz CT molecular complexity index is 422. The van der Waals surface area contributed by atoms with E-state index in [1.54, 1.807) is 0 Å². The summed E-state index contributed by atoms with van der Waals surface area (Å²) in [5, 5.41) is 0.802. The van der Waals surface area contributed by atoms with Crippen molar-refractivity contribution >= 4 is 29.8 Å². The van der Waals surface area contributed by atoms with Gasteiger partial charge in [0.05, 0.1) is 5.69 Å². The highest BCUT2D eigenvalue weighted by molar-refractivity contribution is 8.29. The largest absolute Gasteiger partial charge is 0.258 e. The predicted molar refractivity (Wildman–Crippen MR) is 91.3 cm³/mol. The van der Waals surface area contributed by atoms with Gasteiger partial charge in [0.1, 0.15) is 7.22 Å². The highest BCUT2D eigenvalue weighted by atomic mass is 32.4. The summed E-state index contributed by atoms with van der Waals surface area (Å²) in [7, 11) is -1.03. The molecular weight excluding hydrogens is 266 g/mol. The number of hydrogen-bond donors (Lipinski definition) is 0. The molecule has 1 nitrogen and oxygen atoms in total. The first-order chi connectivity index (χ1) is 9.03. The summed E-state index contributed by atoms with van der Waals surface area (Å²) in [6, 6.07) is 10.4. The predicted octanol–water partition coefficient (Wildman–Crippen LogP) is 5.66. The van der Waals surface area contributed by atoms with E-state index in [1.807, 2.05) is 0 Å². The van der Waals surface area contributed by atoms with Gasteiger partial charge in [-0.05, 0) is 37.8 Å². The van der Waals surface area contributed by atoms with Crippen molar-refractivity contribution in [2.24, 2.45) is 4.99 Å². The van der Waals surface area contributed by atoms with Crippen LogP contribution in [0.5, 0.6) is 0 Å². The third kappa shape index (κ3) is 5.53. The van der Waals surface area contributed by atoms with Gasteiger partial charge in [0.15, 0.2) is 0 Å². The van der Waals surface area contributed by atoms with Gasteiger partial charge >= 0.3 is 0 Å². The minimum Gasteiger partial charge on any atom is -0.258 e. The molecule has 1 aromatic rings. The summed E-state index contributed by atoms with van der Waals surface area (Å²) in [4.78, 5) is 4.88. The molecule has 0 aliphatic heterocycles. The van der Waals surface area contributed by atoms with Crippen molar-refractivity contribution in [3.8, 4) is 0 Å². The average molecular weight is 292 g/mol. The maximum absolute atomic E-state index is 4.88. The molecule has 1 aliphatic carbocycles. The Morgan fingerprint density at radius 2 is 1.84 bits per heavy atom. The molecule has 0 aromatic heterocycles.